The Hall–Kier alpha value is -2.60. The minimum absolute atomic E-state index is 0.169. The van der Waals surface area contributed by atoms with Crippen LogP contribution in [0, 0.1) is 0 Å². The fraction of sp³-hybridized carbons (Fsp3) is 0.375. The highest BCUT2D eigenvalue weighted by Crippen LogP contribution is 2.11. The number of esters is 3. The number of aliphatic carboxylic acids is 1. The molecule has 0 spiro atoms. The SMILES string of the molecule is CC(=O)O/C(=C\SC(C)=O)C(=O)O.CCOC(=O)/C(=C/SC(C)=O)OC(C)=O. The van der Waals surface area contributed by atoms with Crippen molar-refractivity contribution in [3.8, 4) is 0 Å². The molecule has 1 N–H and O–H groups in total. The van der Waals surface area contributed by atoms with E-state index in [1.165, 1.54) is 13.8 Å². The maximum atomic E-state index is 11.2. The first-order valence-corrected chi connectivity index (χ1v) is 9.18. The van der Waals surface area contributed by atoms with Crippen LogP contribution in [0.3, 0.4) is 0 Å². The van der Waals surface area contributed by atoms with Crippen LogP contribution >= 0.6 is 23.5 Å². The Labute approximate surface area is 169 Å². The van der Waals surface area contributed by atoms with Crippen LogP contribution in [0.15, 0.2) is 22.3 Å². The van der Waals surface area contributed by atoms with Crippen molar-refractivity contribution in [3.63, 3.8) is 0 Å². The molecule has 10 nitrogen and oxygen atoms in total. The molecule has 0 atom stereocenters. The molecule has 0 radical (unpaired) electrons. The van der Waals surface area contributed by atoms with Gasteiger partial charge in [-0.15, -0.1) is 0 Å². The summed E-state index contributed by atoms with van der Waals surface area (Å²) in [6.07, 6.45) is 0. The number of ether oxygens (including phenoxy) is 3. The molecule has 0 bridgehead atoms. The quantitative estimate of drug-likeness (QED) is 0.269. The fourth-order valence-corrected chi connectivity index (χ4v) is 1.86. The molecule has 0 fully saturated rings. The number of carbonyl (C=O) groups excluding carboxylic acids is 5. The lowest BCUT2D eigenvalue weighted by atomic mass is 10.5. The van der Waals surface area contributed by atoms with Crippen LogP contribution in [0.2, 0.25) is 0 Å². The zero-order chi connectivity index (χ0) is 22.3. The van der Waals surface area contributed by atoms with Crippen LogP contribution in [0.25, 0.3) is 0 Å². The van der Waals surface area contributed by atoms with Crippen molar-refractivity contribution >= 4 is 57.6 Å². The van der Waals surface area contributed by atoms with Crippen molar-refractivity contribution in [1.29, 1.82) is 0 Å². The minimum atomic E-state index is -1.39. The van der Waals surface area contributed by atoms with Crippen LogP contribution < -0.4 is 0 Å². The third-order valence-corrected chi connectivity index (χ3v) is 3.19. The highest BCUT2D eigenvalue weighted by molar-refractivity contribution is 8.16. The molecule has 0 aliphatic heterocycles. The van der Waals surface area contributed by atoms with E-state index in [4.69, 9.17) is 5.11 Å². The molecule has 0 unspecified atom stereocenters. The Kier molecular flexibility index (Phi) is 15.2. The summed E-state index contributed by atoms with van der Waals surface area (Å²) in [6.45, 7) is 6.64. The number of hydrogen-bond donors (Lipinski definition) is 1. The van der Waals surface area contributed by atoms with Gasteiger partial charge >= 0.3 is 23.9 Å². The highest BCUT2D eigenvalue weighted by Gasteiger charge is 2.15. The molecule has 0 saturated carbocycles. The Morgan fingerprint density at radius 3 is 1.50 bits per heavy atom. The second-order valence-corrected chi connectivity index (χ2v) is 6.49. The standard InChI is InChI=1S/C9H12O5S.C7H8O5S/c1-4-13-9(12)8(14-6(2)10)5-15-7(3)11;1-4(8)12-6(7(10)11)3-13-5(2)9/h5H,4H2,1-3H3;3H,1-2H3,(H,10,11)/b8-5-;6-3-. The molecule has 0 aromatic heterocycles. The zero-order valence-corrected chi connectivity index (χ0v) is 17.4. The van der Waals surface area contributed by atoms with Gasteiger partial charge in [0.05, 0.1) is 6.61 Å². The normalized spacial score (nSPS) is 10.8. The summed E-state index contributed by atoms with van der Waals surface area (Å²) in [5.41, 5.74) is 0. The monoisotopic (exact) mass is 436 g/mol. The van der Waals surface area contributed by atoms with Crippen LogP contribution in [0.1, 0.15) is 34.6 Å². The molecular weight excluding hydrogens is 416 g/mol. The van der Waals surface area contributed by atoms with Gasteiger partial charge in [0.25, 0.3) is 0 Å². The van der Waals surface area contributed by atoms with E-state index in [1.807, 2.05) is 0 Å². The largest absolute Gasteiger partial charge is 0.475 e. The van der Waals surface area contributed by atoms with E-state index in [0.29, 0.717) is 11.8 Å². The van der Waals surface area contributed by atoms with Gasteiger partial charge in [-0.3, -0.25) is 19.2 Å². The summed E-state index contributed by atoms with van der Waals surface area (Å²) in [5.74, 6) is -4.35. The number of carboxylic acid groups (broad SMARTS) is 1. The molecule has 0 aliphatic carbocycles. The Morgan fingerprint density at radius 2 is 1.18 bits per heavy atom. The lowest BCUT2D eigenvalue weighted by molar-refractivity contribution is -0.149. The van der Waals surface area contributed by atoms with Crippen molar-refractivity contribution in [2.45, 2.75) is 34.6 Å². The summed E-state index contributed by atoms with van der Waals surface area (Å²) in [7, 11) is 0. The van der Waals surface area contributed by atoms with Crippen LogP contribution in [0.5, 0.6) is 0 Å². The third-order valence-electron chi connectivity index (χ3n) is 1.86. The molecule has 0 aromatic carbocycles. The molecule has 0 heterocycles. The maximum Gasteiger partial charge on any atom is 0.374 e. The molecule has 0 amide bonds. The van der Waals surface area contributed by atoms with Gasteiger partial charge in [0.2, 0.25) is 11.5 Å². The third kappa shape index (κ3) is 16.8. The van der Waals surface area contributed by atoms with Gasteiger partial charge < -0.3 is 19.3 Å². The van der Waals surface area contributed by atoms with E-state index in [2.05, 4.69) is 14.2 Å². The van der Waals surface area contributed by atoms with Gasteiger partial charge in [-0.1, -0.05) is 23.5 Å². The summed E-state index contributed by atoms with van der Waals surface area (Å²) in [5, 5.41) is 10.1. The lowest BCUT2D eigenvalue weighted by Crippen LogP contribution is -2.12. The second kappa shape index (κ2) is 15.5. The van der Waals surface area contributed by atoms with Gasteiger partial charge in [-0.2, -0.15) is 0 Å². The zero-order valence-electron chi connectivity index (χ0n) is 15.8. The first-order valence-electron chi connectivity index (χ1n) is 7.42. The Bertz CT molecular complexity index is 679. The van der Waals surface area contributed by atoms with Crippen LogP contribution in [-0.4, -0.2) is 45.8 Å². The molecule has 12 heteroatoms. The Morgan fingerprint density at radius 1 is 0.786 bits per heavy atom. The van der Waals surface area contributed by atoms with Crippen molar-refractivity contribution in [2.24, 2.45) is 0 Å². The second-order valence-electron chi connectivity index (χ2n) is 4.40. The molecule has 0 rings (SSSR count). The first kappa shape index (κ1) is 27.6. The smallest absolute Gasteiger partial charge is 0.374 e. The van der Waals surface area contributed by atoms with E-state index in [0.717, 1.165) is 36.4 Å². The van der Waals surface area contributed by atoms with Crippen LogP contribution in [-0.2, 0) is 43.0 Å². The van der Waals surface area contributed by atoms with Crippen molar-refractivity contribution in [2.75, 3.05) is 6.61 Å². The van der Waals surface area contributed by atoms with Crippen LogP contribution in [0.4, 0.5) is 0 Å². The van der Waals surface area contributed by atoms with Gasteiger partial charge in [-0.05, 0) is 6.92 Å². The molecular formula is C16H20O10S2. The summed E-state index contributed by atoms with van der Waals surface area (Å²) >= 11 is 1.41. The van der Waals surface area contributed by atoms with E-state index < -0.39 is 29.6 Å². The molecule has 0 saturated heterocycles. The highest BCUT2D eigenvalue weighted by atomic mass is 32.2. The summed E-state index contributed by atoms with van der Waals surface area (Å²) in [4.78, 5) is 63.7. The van der Waals surface area contributed by atoms with Gasteiger partial charge in [0, 0.05) is 38.5 Å². The minimum Gasteiger partial charge on any atom is -0.475 e. The number of carboxylic acids is 1. The summed E-state index contributed by atoms with van der Waals surface area (Å²) < 4.78 is 13.5. The average molecular weight is 436 g/mol. The van der Waals surface area contributed by atoms with E-state index in [1.54, 1.807) is 6.92 Å². The molecule has 28 heavy (non-hydrogen) atoms. The van der Waals surface area contributed by atoms with Gasteiger partial charge in [0.15, 0.2) is 10.2 Å². The van der Waals surface area contributed by atoms with Gasteiger partial charge in [0.1, 0.15) is 0 Å². The first-order chi connectivity index (χ1) is 12.9. The number of hydrogen-bond acceptors (Lipinski definition) is 11. The van der Waals surface area contributed by atoms with Crippen molar-refractivity contribution in [3.05, 3.63) is 22.3 Å². The van der Waals surface area contributed by atoms with E-state index in [9.17, 15) is 28.8 Å². The van der Waals surface area contributed by atoms with E-state index >= 15 is 0 Å². The number of thioether (sulfide) groups is 2. The van der Waals surface area contributed by atoms with E-state index in [-0.39, 0.29) is 22.6 Å². The molecule has 0 aromatic rings. The average Bonchev–Trinajstić information content (AvgIpc) is 2.54. The molecule has 156 valence electrons. The summed E-state index contributed by atoms with van der Waals surface area (Å²) in [6, 6.07) is 0. The van der Waals surface area contributed by atoms with Gasteiger partial charge in [-0.25, -0.2) is 9.59 Å². The predicted molar refractivity (Wildman–Crippen MR) is 101 cm³/mol. The fourth-order valence-electron chi connectivity index (χ4n) is 1.02. The Balaban J connectivity index is 0. The number of carbonyl (C=O) groups is 6. The number of rotatable bonds is 7. The predicted octanol–water partition coefficient (Wildman–Crippen LogP) is 1.99. The topological polar surface area (TPSA) is 150 Å². The maximum absolute atomic E-state index is 11.2. The molecule has 0 aliphatic rings. The van der Waals surface area contributed by atoms with Crippen molar-refractivity contribution < 1.29 is 48.1 Å². The van der Waals surface area contributed by atoms with Crippen molar-refractivity contribution in [1.82, 2.24) is 0 Å². The lowest BCUT2D eigenvalue weighted by Gasteiger charge is -2.05.